The van der Waals surface area contributed by atoms with Crippen LogP contribution in [-0.2, 0) is 6.42 Å². The second-order valence-corrected chi connectivity index (χ2v) is 4.51. The minimum Gasteiger partial charge on any atom is -0.454 e. The number of hydrogen-bond acceptors (Lipinski definition) is 3. The summed E-state index contributed by atoms with van der Waals surface area (Å²) in [5, 5.41) is 0. The van der Waals surface area contributed by atoms with Gasteiger partial charge in [0, 0.05) is 0 Å². The maximum absolute atomic E-state index is 5.62. The third-order valence-corrected chi connectivity index (χ3v) is 3.14. The number of nitrogens with two attached hydrogens (primary N) is 1. The SMILES string of the molecule is Cc1cc2c(cc1CCC(C)CN)OCO2. The summed E-state index contributed by atoms with van der Waals surface area (Å²) in [7, 11) is 0. The molecule has 1 aromatic carbocycles. The van der Waals surface area contributed by atoms with Gasteiger partial charge in [0.1, 0.15) is 0 Å². The fraction of sp³-hybridized carbons (Fsp3) is 0.538. The van der Waals surface area contributed by atoms with Gasteiger partial charge in [0.15, 0.2) is 11.5 Å². The van der Waals surface area contributed by atoms with E-state index in [9.17, 15) is 0 Å². The summed E-state index contributed by atoms with van der Waals surface area (Å²) in [5.41, 5.74) is 8.23. The Morgan fingerprint density at radius 3 is 2.69 bits per heavy atom. The molecule has 0 saturated heterocycles. The second-order valence-electron chi connectivity index (χ2n) is 4.51. The van der Waals surface area contributed by atoms with Crippen molar-refractivity contribution in [3.05, 3.63) is 23.3 Å². The Bertz CT molecular complexity index is 376. The highest BCUT2D eigenvalue weighted by Crippen LogP contribution is 2.35. The topological polar surface area (TPSA) is 44.5 Å². The van der Waals surface area contributed by atoms with Crippen LogP contribution in [0.3, 0.4) is 0 Å². The monoisotopic (exact) mass is 221 g/mol. The number of hydrogen-bond donors (Lipinski definition) is 1. The number of rotatable bonds is 4. The van der Waals surface area contributed by atoms with Crippen molar-refractivity contribution in [3.8, 4) is 11.5 Å². The third kappa shape index (κ3) is 2.30. The van der Waals surface area contributed by atoms with Gasteiger partial charge >= 0.3 is 0 Å². The van der Waals surface area contributed by atoms with Crippen LogP contribution >= 0.6 is 0 Å². The molecule has 0 aliphatic carbocycles. The fourth-order valence-electron chi connectivity index (χ4n) is 1.87. The molecule has 88 valence electrons. The van der Waals surface area contributed by atoms with Gasteiger partial charge in [0.25, 0.3) is 0 Å². The Labute approximate surface area is 96.5 Å². The molecular weight excluding hydrogens is 202 g/mol. The molecule has 1 aliphatic heterocycles. The highest BCUT2D eigenvalue weighted by Gasteiger charge is 2.15. The number of aryl methyl sites for hydroxylation is 2. The zero-order valence-corrected chi connectivity index (χ0v) is 9.95. The predicted molar refractivity (Wildman–Crippen MR) is 63.8 cm³/mol. The highest BCUT2D eigenvalue weighted by atomic mass is 16.7. The lowest BCUT2D eigenvalue weighted by Gasteiger charge is -2.10. The molecule has 2 N–H and O–H groups in total. The van der Waals surface area contributed by atoms with E-state index in [1.807, 2.05) is 0 Å². The summed E-state index contributed by atoms with van der Waals surface area (Å²) in [5.74, 6) is 2.32. The molecule has 0 spiro atoms. The molecule has 0 radical (unpaired) electrons. The van der Waals surface area contributed by atoms with Crippen molar-refractivity contribution < 1.29 is 9.47 Å². The molecule has 2 rings (SSSR count). The Morgan fingerprint density at radius 1 is 1.31 bits per heavy atom. The van der Waals surface area contributed by atoms with Crippen LogP contribution in [0.25, 0.3) is 0 Å². The van der Waals surface area contributed by atoms with Crippen LogP contribution < -0.4 is 15.2 Å². The average molecular weight is 221 g/mol. The van der Waals surface area contributed by atoms with E-state index in [0.717, 1.165) is 30.9 Å². The van der Waals surface area contributed by atoms with E-state index in [2.05, 4.69) is 26.0 Å². The van der Waals surface area contributed by atoms with Gasteiger partial charge in [0.05, 0.1) is 0 Å². The molecule has 1 unspecified atom stereocenters. The second kappa shape index (κ2) is 4.74. The van der Waals surface area contributed by atoms with Crippen molar-refractivity contribution in [1.29, 1.82) is 0 Å². The van der Waals surface area contributed by atoms with Crippen molar-refractivity contribution in [3.63, 3.8) is 0 Å². The molecule has 1 aromatic rings. The van der Waals surface area contributed by atoms with E-state index in [4.69, 9.17) is 15.2 Å². The zero-order valence-electron chi connectivity index (χ0n) is 9.95. The molecule has 3 heteroatoms. The zero-order chi connectivity index (χ0) is 11.5. The summed E-state index contributed by atoms with van der Waals surface area (Å²) in [4.78, 5) is 0. The summed E-state index contributed by atoms with van der Waals surface area (Å²) in [6, 6.07) is 4.16. The minimum atomic E-state index is 0.345. The molecule has 16 heavy (non-hydrogen) atoms. The van der Waals surface area contributed by atoms with Gasteiger partial charge in [-0.05, 0) is 55.5 Å². The van der Waals surface area contributed by atoms with E-state index < -0.39 is 0 Å². The standard InChI is InChI=1S/C13H19NO2/c1-9(7-14)3-4-11-6-13-12(5-10(11)2)15-8-16-13/h5-6,9H,3-4,7-8,14H2,1-2H3. The summed E-state index contributed by atoms with van der Waals surface area (Å²) in [6.07, 6.45) is 2.18. The average Bonchev–Trinajstić information content (AvgIpc) is 2.72. The molecule has 0 amide bonds. The summed E-state index contributed by atoms with van der Waals surface area (Å²) >= 11 is 0. The highest BCUT2D eigenvalue weighted by molar-refractivity contribution is 5.48. The maximum atomic E-state index is 5.62. The first-order chi connectivity index (χ1) is 7.70. The molecule has 0 saturated carbocycles. The Morgan fingerprint density at radius 2 is 2.00 bits per heavy atom. The van der Waals surface area contributed by atoms with Gasteiger partial charge in [-0.25, -0.2) is 0 Å². The maximum Gasteiger partial charge on any atom is 0.231 e. The number of fused-ring (bicyclic) bond motifs is 1. The number of benzene rings is 1. The minimum absolute atomic E-state index is 0.345. The molecule has 1 atom stereocenters. The molecule has 3 nitrogen and oxygen atoms in total. The Hall–Kier alpha value is -1.22. The van der Waals surface area contributed by atoms with Crippen LogP contribution in [-0.4, -0.2) is 13.3 Å². The smallest absolute Gasteiger partial charge is 0.231 e. The lowest BCUT2D eigenvalue weighted by Crippen LogP contribution is -2.11. The molecule has 0 aromatic heterocycles. The van der Waals surface area contributed by atoms with Crippen molar-refractivity contribution in [2.24, 2.45) is 11.7 Å². The fourth-order valence-corrected chi connectivity index (χ4v) is 1.87. The lowest BCUT2D eigenvalue weighted by atomic mass is 9.98. The van der Waals surface area contributed by atoms with Crippen LogP contribution in [0.15, 0.2) is 12.1 Å². The molecule has 1 heterocycles. The first-order valence-corrected chi connectivity index (χ1v) is 5.80. The molecular formula is C13H19NO2. The van der Waals surface area contributed by atoms with Gasteiger partial charge < -0.3 is 15.2 Å². The first kappa shape index (κ1) is 11.3. The van der Waals surface area contributed by atoms with E-state index in [1.54, 1.807) is 0 Å². The molecule has 0 bridgehead atoms. The van der Waals surface area contributed by atoms with E-state index >= 15 is 0 Å². The normalized spacial score (nSPS) is 15.2. The van der Waals surface area contributed by atoms with Crippen molar-refractivity contribution in [2.75, 3.05) is 13.3 Å². The first-order valence-electron chi connectivity index (χ1n) is 5.80. The van der Waals surface area contributed by atoms with E-state index in [1.165, 1.54) is 11.1 Å². The quantitative estimate of drug-likeness (QED) is 0.848. The largest absolute Gasteiger partial charge is 0.454 e. The van der Waals surface area contributed by atoms with Crippen LogP contribution in [0, 0.1) is 12.8 Å². The number of ether oxygens (including phenoxy) is 2. The van der Waals surface area contributed by atoms with Crippen LogP contribution in [0.1, 0.15) is 24.5 Å². The van der Waals surface area contributed by atoms with Gasteiger partial charge in [0.2, 0.25) is 6.79 Å². The van der Waals surface area contributed by atoms with Gasteiger partial charge in [-0.1, -0.05) is 6.92 Å². The molecule has 0 fully saturated rings. The van der Waals surface area contributed by atoms with E-state index in [0.29, 0.717) is 12.7 Å². The Balaban J connectivity index is 2.09. The van der Waals surface area contributed by atoms with Crippen molar-refractivity contribution in [2.45, 2.75) is 26.7 Å². The van der Waals surface area contributed by atoms with Crippen molar-refractivity contribution in [1.82, 2.24) is 0 Å². The predicted octanol–water partition coefficient (Wildman–Crippen LogP) is 2.25. The van der Waals surface area contributed by atoms with Gasteiger partial charge in [-0.3, -0.25) is 0 Å². The Kier molecular flexibility index (Phi) is 3.34. The molecule has 1 aliphatic rings. The van der Waals surface area contributed by atoms with Crippen molar-refractivity contribution >= 4 is 0 Å². The lowest BCUT2D eigenvalue weighted by molar-refractivity contribution is 0.174. The summed E-state index contributed by atoms with van der Waals surface area (Å²) < 4.78 is 10.7. The van der Waals surface area contributed by atoms with Crippen LogP contribution in [0.2, 0.25) is 0 Å². The summed E-state index contributed by atoms with van der Waals surface area (Å²) in [6.45, 7) is 5.40. The van der Waals surface area contributed by atoms with Crippen LogP contribution in [0.5, 0.6) is 11.5 Å². The third-order valence-electron chi connectivity index (χ3n) is 3.14. The van der Waals surface area contributed by atoms with Gasteiger partial charge in [-0.2, -0.15) is 0 Å². The van der Waals surface area contributed by atoms with Gasteiger partial charge in [-0.15, -0.1) is 0 Å². The van der Waals surface area contributed by atoms with E-state index in [-0.39, 0.29) is 0 Å². The van der Waals surface area contributed by atoms with Crippen LogP contribution in [0.4, 0.5) is 0 Å².